The summed E-state index contributed by atoms with van der Waals surface area (Å²) in [6, 6.07) is 20.2. The zero-order chi connectivity index (χ0) is 14.7. The van der Waals surface area contributed by atoms with Crippen molar-refractivity contribution in [3.63, 3.8) is 0 Å². The molecule has 0 radical (unpaired) electrons. The fourth-order valence-electron chi connectivity index (χ4n) is 2.74. The molecule has 0 aliphatic heterocycles. The normalized spacial score (nSPS) is 17.1. The Hall–Kier alpha value is -2.13. The van der Waals surface area contributed by atoms with E-state index in [1.54, 1.807) is 0 Å². The SMILES string of the molecule is NC(=O)C(Cc1ccccc1)(NC1CC1)c1ccccc1. The molecule has 1 saturated carbocycles. The quantitative estimate of drug-likeness (QED) is 0.853. The second-order valence-electron chi connectivity index (χ2n) is 5.72. The second kappa shape index (κ2) is 5.70. The highest BCUT2D eigenvalue weighted by atomic mass is 16.1. The van der Waals surface area contributed by atoms with E-state index in [0.717, 1.165) is 24.0 Å². The zero-order valence-corrected chi connectivity index (χ0v) is 12.0. The average Bonchev–Trinajstić information content (AvgIpc) is 3.32. The number of nitrogens with two attached hydrogens (primary N) is 1. The Morgan fingerprint density at radius 3 is 2.14 bits per heavy atom. The molecule has 0 heterocycles. The maximum absolute atomic E-state index is 12.3. The summed E-state index contributed by atoms with van der Waals surface area (Å²) in [4.78, 5) is 12.3. The van der Waals surface area contributed by atoms with Gasteiger partial charge in [0.2, 0.25) is 5.91 Å². The largest absolute Gasteiger partial charge is 0.368 e. The van der Waals surface area contributed by atoms with Crippen LogP contribution in [0.4, 0.5) is 0 Å². The summed E-state index contributed by atoms with van der Waals surface area (Å²) in [6.45, 7) is 0. The summed E-state index contributed by atoms with van der Waals surface area (Å²) in [5.74, 6) is -0.315. The fourth-order valence-corrected chi connectivity index (χ4v) is 2.74. The minimum atomic E-state index is -0.830. The van der Waals surface area contributed by atoms with Gasteiger partial charge in [0.25, 0.3) is 0 Å². The Bertz CT molecular complexity index is 608. The van der Waals surface area contributed by atoms with Crippen LogP contribution in [-0.2, 0) is 16.8 Å². The van der Waals surface area contributed by atoms with Gasteiger partial charge in [0.15, 0.2) is 0 Å². The number of hydrogen-bond donors (Lipinski definition) is 2. The van der Waals surface area contributed by atoms with Crippen LogP contribution in [0.2, 0.25) is 0 Å². The lowest BCUT2D eigenvalue weighted by molar-refractivity contribution is -0.125. The van der Waals surface area contributed by atoms with Crippen molar-refractivity contribution in [2.24, 2.45) is 5.73 Å². The highest BCUT2D eigenvalue weighted by Gasteiger charge is 2.42. The van der Waals surface area contributed by atoms with Crippen molar-refractivity contribution >= 4 is 5.91 Å². The van der Waals surface area contributed by atoms with Crippen LogP contribution in [0.25, 0.3) is 0 Å². The van der Waals surface area contributed by atoms with Crippen molar-refractivity contribution in [1.82, 2.24) is 5.32 Å². The van der Waals surface area contributed by atoms with E-state index >= 15 is 0 Å². The molecule has 3 heteroatoms. The molecular weight excluding hydrogens is 260 g/mol. The molecule has 1 aliphatic rings. The lowest BCUT2D eigenvalue weighted by Gasteiger charge is -2.33. The maximum Gasteiger partial charge on any atom is 0.242 e. The van der Waals surface area contributed by atoms with Gasteiger partial charge >= 0.3 is 0 Å². The summed E-state index contributed by atoms with van der Waals surface area (Å²) < 4.78 is 0. The lowest BCUT2D eigenvalue weighted by atomic mass is 9.82. The van der Waals surface area contributed by atoms with Gasteiger partial charge in [-0.1, -0.05) is 60.7 Å². The highest BCUT2D eigenvalue weighted by Crippen LogP contribution is 2.31. The molecule has 1 fully saturated rings. The van der Waals surface area contributed by atoms with Gasteiger partial charge < -0.3 is 5.73 Å². The third kappa shape index (κ3) is 2.98. The van der Waals surface area contributed by atoms with E-state index in [2.05, 4.69) is 5.32 Å². The predicted molar refractivity (Wildman–Crippen MR) is 83.6 cm³/mol. The van der Waals surface area contributed by atoms with E-state index in [4.69, 9.17) is 5.73 Å². The van der Waals surface area contributed by atoms with Crippen LogP contribution in [-0.4, -0.2) is 11.9 Å². The number of carbonyl (C=O) groups is 1. The molecule has 0 aromatic heterocycles. The van der Waals surface area contributed by atoms with Crippen LogP contribution >= 0.6 is 0 Å². The molecule has 1 unspecified atom stereocenters. The van der Waals surface area contributed by atoms with Gasteiger partial charge in [0, 0.05) is 12.5 Å². The molecule has 2 aromatic rings. The first-order valence-corrected chi connectivity index (χ1v) is 7.38. The zero-order valence-electron chi connectivity index (χ0n) is 12.0. The average molecular weight is 280 g/mol. The summed E-state index contributed by atoms with van der Waals surface area (Å²) in [5, 5.41) is 3.49. The summed E-state index contributed by atoms with van der Waals surface area (Å²) in [6.07, 6.45) is 2.79. The molecule has 3 nitrogen and oxygen atoms in total. The monoisotopic (exact) mass is 280 g/mol. The summed E-state index contributed by atoms with van der Waals surface area (Å²) in [7, 11) is 0. The molecule has 2 aromatic carbocycles. The molecule has 0 bridgehead atoms. The Labute approximate surface area is 125 Å². The minimum absolute atomic E-state index is 0.315. The number of rotatable bonds is 6. The van der Waals surface area contributed by atoms with Gasteiger partial charge in [-0.15, -0.1) is 0 Å². The van der Waals surface area contributed by atoms with E-state index in [9.17, 15) is 4.79 Å². The number of benzene rings is 2. The number of nitrogens with one attached hydrogen (secondary N) is 1. The molecule has 1 aliphatic carbocycles. The molecular formula is C18H20N2O. The smallest absolute Gasteiger partial charge is 0.242 e. The van der Waals surface area contributed by atoms with Crippen LogP contribution in [0.1, 0.15) is 24.0 Å². The van der Waals surface area contributed by atoms with Gasteiger partial charge in [0.05, 0.1) is 0 Å². The van der Waals surface area contributed by atoms with Crippen molar-refractivity contribution in [2.45, 2.75) is 30.8 Å². The van der Waals surface area contributed by atoms with Crippen LogP contribution in [0.5, 0.6) is 0 Å². The Morgan fingerprint density at radius 2 is 1.62 bits per heavy atom. The number of amides is 1. The van der Waals surface area contributed by atoms with E-state index in [1.165, 1.54) is 0 Å². The molecule has 0 saturated heterocycles. The third-order valence-corrected chi connectivity index (χ3v) is 4.03. The van der Waals surface area contributed by atoms with Gasteiger partial charge in [-0.2, -0.15) is 0 Å². The summed E-state index contributed by atoms with van der Waals surface area (Å²) in [5.41, 5.74) is 7.04. The lowest BCUT2D eigenvalue weighted by Crippen LogP contribution is -2.55. The van der Waals surface area contributed by atoms with Crippen molar-refractivity contribution in [3.05, 3.63) is 71.8 Å². The van der Waals surface area contributed by atoms with Gasteiger partial charge in [-0.25, -0.2) is 0 Å². The minimum Gasteiger partial charge on any atom is -0.368 e. The first-order valence-electron chi connectivity index (χ1n) is 7.38. The second-order valence-corrected chi connectivity index (χ2v) is 5.72. The van der Waals surface area contributed by atoms with Crippen molar-refractivity contribution < 1.29 is 4.79 Å². The topological polar surface area (TPSA) is 55.1 Å². The first kappa shape index (κ1) is 13.8. The predicted octanol–water partition coefficient (Wildman–Crippen LogP) is 2.36. The van der Waals surface area contributed by atoms with Gasteiger partial charge in [-0.05, 0) is 24.0 Å². The van der Waals surface area contributed by atoms with E-state index in [-0.39, 0.29) is 5.91 Å². The van der Waals surface area contributed by atoms with Crippen molar-refractivity contribution in [1.29, 1.82) is 0 Å². The first-order chi connectivity index (χ1) is 10.2. The van der Waals surface area contributed by atoms with E-state index in [1.807, 2.05) is 60.7 Å². The number of hydrogen-bond acceptors (Lipinski definition) is 2. The van der Waals surface area contributed by atoms with Crippen LogP contribution in [0, 0.1) is 0 Å². The highest BCUT2D eigenvalue weighted by molar-refractivity contribution is 5.86. The Balaban J connectivity index is 2.01. The van der Waals surface area contributed by atoms with Gasteiger partial charge in [-0.3, -0.25) is 10.1 Å². The van der Waals surface area contributed by atoms with Gasteiger partial charge in [0.1, 0.15) is 5.54 Å². The molecule has 1 atom stereocenters. The molecule has 108 valence electrons. The third-order valence-electron chi connectivity index (χ3n) is 4.03. The Kier molecular flexibility index (Phi) is 3.76. The van der Waals surface area contributed by atoms with Crippen LogP contribution in [0.3, 0.4) is 0 Å². The maximum atomic E-state index is 12.3. The molecule has 0 spiro atoms. The Morgan fingerprint density at radius 1 is 1.05 bits per heavy atom. The van der Waals surface area contributed by atoms with Crippen LogP contribution in [0.15, 0.2) is 60.7 Å². The molecule has 21 heavy (non-hydrogen) atoms. The number of primary amides is 1. The molecule has 3 N–H and O–H groups in total. The summed E-state index contributed by atoms with van der Waals surface area (Å²) >= 11 is 0. The molecule has 1 amide bonds. The molecule has 3 rings (SSSR count). The van der Waals surface area contributed by atoms with Crippen LogP contribution < -0.4 is 11.1 Å². The fraction of sp³-hybridized carbons (Fsp3) is 0.278. The standard InChI is InChI=1S/C18H20N2O/c19-17(21)18(20-16-11-12-16,15-9-5-2-6-10-15)13-14-7-3-1-4-8-14/h1-10,16,20H,11-13H2,(H2,19,21). The van der Waals surface area contributed by atoms with E-state index in [0.29, 0.717) is 12.5 Å². The van der Waals surface area contributed by atoms with Crippen molar-refractivity contribution in [2.75, 3.05) is 0 Å². The number of carbonyl (C=O) groups excluding carboxylic acids is 1. The van der Waals surface area contributed by atoms with Crippen molar-refractivity contribution in [3.8, 4) is 0 Å². The van der Waals surface area contributed by atoms with E-state index < -0.39 is 5.54 Å².